The average Bonchev–Trinajstić information content (AvgIpc) is 3.22. The Balaban J connectivity index is 1.64. The Kier molecular flexibility index (Phi) is 5.04. The predicted molar refractivity (Wildman–Crippen MR) is 98.5 cm³/mol. The van der Waals surface area contributed by atoms with Crippen molar-refractivity contribution >= 4 is 34.8 Å². The minimum absolute atomic E-state index is 0.168. The van der Waals surface area contributed by atoms with Crippen molar-refractivity contribution < 1.29 is 9.59 Å². The summed E-state index contributed by atoms with van der Waals surface area (Å²) in [5.41, 5.74) is 1.65. The van der Waals surface area contributed by atoms with Crippen molar-refractivity contribution in [2.24, 2.45) is 7.05 Å². The van der Waals surface area contributed by atoms with Crippen molar-refractivity contribution in [3.63, 3.8) is 0 Å². The summed E-state index contributed by atoms with van der Waals surface area (Å²) in [6.07, 6.45) is 3.30. The maximum atomic E-state index is 12.3. The second kappa shape index (κ2) is 7.40. The molecule has 2 heterocycles. The van der Waals surface area contributed by atoms with Crippen LogP contribution in [0.1, 0.15) is 27.9 Å². The van der Waals surface area contributed by atoms with Crippen LogP contribution in [0.25, 0.3) is 0 Å². The van der Waals surface area contributed by atoms with E-state index in [4.69, 9.17) is 11.6 Å². The molecule has 0 atom stereocenters. The lowest BCUT2D eigenvalue weighted by molar-refractivity contribution is 0.101. The van der Waals surface area contributed by atoms with Gasteiger partial charge in [0, 0.05) is 37.4 Å². The van der Waals surface area contributed by atoms with Crippen LogP contribution in [-0.4, -0.2) is 31.4 Å². The van der Waals surface area contributed by atoms with Crippen molar-refractivity contribution in [3.05, 3.63) is 59.1 Å². The van der Waals surface area contributed by atoms with Crippen molar-refractivity contribution in [1.29, 1.82) is 0 Å². The fourth-order valence-electron chi connectivity index (χ4n) is 2.27. The standard InChI is InChI=1S/C17H17ClN6O2/c1-3-24-10-13(18)15(22-24)17(26)20-12-6-4-11(5-7-12)19-16(25)14-8-9-23(2)21-14/h4-10H,3H2,1-2H3,(H,19,25)(H,20,26). The molecule has 3 aromatic rings. The maximum Gasteiger partial charge on any atom is 0.277 e. The zero-order valence-corrected chi connectivity index (χ0v) is 15.0. The molecule has 0 radical (unpaired) electrons. The van der Waals surface area contributed by atoms with Gasteiger partial charge in [-0.05, 0) is 37.3 Å². The summed E-state index contributed by atoms with van der Waals surface area (Å²) in [6.45, 7) is 2.53. The van der Waals surface area contributed by atoms with Crippen molar-refractivity contribution in [2.75, 3.05) is 10.6 Å². The molecule has 26 heavy (non-hydrogen) atoms. The van der Waals surface area contributed by atoms with E-state index in [1.54, 1.807) is 59.1 Å². The zero-order chi connectivity index (χ0) is 18.7. The Morgan fingerprint density at radius 3 is 2.15 bits per heavy atom. The summed E-state index contributed by atoms with van der Waals surface area (Å²) in [6, 6.07) is 8.35. The minimum Gasteiger partial charge on any atom is -0.321 e. The quantitative estimate of drug-likeness (QED) is 0.720. The fraction of sp³-hybridized carbons (Fsp3) is 0.176. The third kappa shape index (κ3) is 3.92. The molecule has 1 aromatic carbocycles. The lowest BCUT2D eigenvalue weighted by Gasteiger charge is -2.06. The van der Waals surface area contributed by atoms with Gasteiger partial charge in [-0.15, -0.1) is 0 Å². The van der Waals surface area contributed by atoms with E-state index in [-0.39, 0.29) is 11.6 Å². The number of anilines is 2. The van der Waals surface area contributed by atoms with E-state index in [1.807, 2.05) is 6.92 Å². The third-order valence-corrected chi connectivity index (χ3v) is 3.88. The number of carbonyl (C=O) groups is 2. The number of hydrogen-bond donors (Lipinski definition) is 2. The molecule has 0 bridgehead atoms. The minimum atomic E-state index is -0.396. The van der Waals surface area contributed by atoms with Crippen molar-refractivity contribution in [1.82, 2.24) is 19.6 Å². The van der Waals surface area contributed by atoms with Gasteiger partial charge < -0.3 is 10.6 Å². The van der Waals surface area contributed by atoms with Gasteiger partial charge in [0.15, 0.2) is 11.4 Å². The van der Waals surface area contributed by atoms with Crippen LogP contribution in [0.3, 0.4) is 0 Å². The molecule has 8 nitrogen and oxygen atoms in total. The molecule has 0 fully saturated rings. The van der Waals surface area contributed by atoms with Gasteiger partial charge in [0.05, 0.1) is 5.02 Å². The number of aryl methyl sites for hydroxylation is 2. The van der Waals surface area contributed by atoms with Crippen LogP contribution >= 0.6 is 11.6 Å². The summed E-state index contributed by atoms with van der Waals surface area (Å²) >= 11 is 6.03. The highest BCUT2D eigenvalue weighted by molar-refractivity contribution is 6.34. The second-order valence-corrected chi connectivity index (χ2v) is 5.95. The monoisotopic (exact) mass is 372 g/mol. The first kappa shape index (κ1) is 17.7. The molecule has 9 heteroatoms. The Labute approximate surface area is 154 Å². The van der Waals surface area contributed by atoms with Crippen LogP contribution in [0.15, 0.2) is 42.7 Å². The van der Waals surface area contributed by atoms with Gasteiger partial charge in [0.25, 0.3) is 11.8 Å². The average molecular weight is 373 g/mol. The van der Waals surface area contributed by atoms with Gasteiger partial charge in [-0.25, -0.2) is 0 Å². The lowest BCUT2D eigenvalue weighted by atomic mass is 10.2. The Morgan fingerprint density at radius 2 is 1.65 bits per heavy atom. The summed E-state index contributed by atoms with van der Waals surface area (Å²) < 4.78 is 3.14. The number of hydrogen-bond acceptors (Lipinski definition) is 4. The molecule has 0 unspecified atom stereocenters. The molecule has 134 valence electrons. The Bertz CT molecular complexity index is 945. The SMILES string of the molecule is CCn1cc(Cl)c(C(=O)Nc2ccc(NC(=O)c3ccn(C)n3)cc2)n1. The molecule has 0 saturated heterocycles. The van der Waals surface area contributed by atoms with Gasteiger partial charge in [0.1, 0.15) is 0 Å². The summed E-state index contributed by atoms with van der Waals surface area (Å²) in [4.78, 5) is 24.3. The molecule has 2 N–H and O–H groups in total. The van der Waals surface area contributed by atoms with Crippen LogP contribution in [-0.2, 0) is 13.6 Å². The lowest BCUT2D eigenvalue weighted by Crippen LogP contribution is -2.14. The fourth-order valence-corrected chi connectivity index (χ4v) is 2.51. The Morgan fingerprint density at radius 1 is 1.04 bits per heavy atom. The second-order valence-electron chi connectivity index (χ2n) is 5.54. The number of carbonyl (C=O) groups excluding carboxylic acids is 2. The highest BCUT2D eigenvalue weighted by Crippen LogP contribution is 2.18. The number of nitrogens with one attached hydrogen (secondary N) is 2. The van der Waals surface area contributed by atoms with Gasteiger partial charge in [-0.2, -0.15) is 10.2 Å². The van der Waals surface area contributed by atoms with E-state index < -0.39 is 5.91 Å². The molecule has 0 saturated carbocycles. The van der Waals surface area contributed by atoms with Crippen molar-refractivity contribution in [3.8, 4) is 0 Å². The first-order valence-corrected chi connectivity index (χ1v) is 8.29. The van der Waals surface area contributed by atoms with Gasteiger partial charge >= 0.3 is 0 Å². The molecule has 0 aliphatic carbocycles. The number of amides is 2. The van der Waals surface area contributed by atoms with E-state index in [0.717, 1.165) is 0 Å². The van der Waals surface area contributed by atoms with E-state index in [9.17, 15) is 9.59 Å². The molecule has 3 rings (SSSR count). The van der Waals surface area contributed by atoms with Gasteiger partial charge in [0.2, 0.25) is 0 Å². The van der Waals surface area contributed by atoms with Crippen LogP contribution in [0, 0.1) is 0 Å². The van der Waals surface area contributed by atoms with E-state index in [0.29, 0.717) is 28.6 Å². The van der Waals surface area contributed by atoms with E-state index >= 15 is 0 Å². The highest BCUT2D eigenvalue weighted by atomic mass is 35.5. The number of halogens is 1. The number of nitrogens with zero attached hydrogens (tertiary/aromatic N) is 4. The number of benzene rings is 1. The Hall–Kier alpha value is -3.13. The molecule has 0 aliphatic rings. The van der Waals surface area contributed by atoms with Gasteiger partial charge in [-0.1, -0.05) is 11.6 Å². The third-order valence-electron chi connectivity index (χ3n) is 3.60. The summed E-state index contributed by atoms with van der Waals surface area (Å²) in [7, 11) is 1.74. The molecular formula is C17H17ClN6O2. The number of rotatable bonds is 5. The summed E-state index contributed by atoms with van der Waals surface area (Å²) in [5, 5.41) is 13.9. The topological polar surface area (TPSA) is 93.8 Å². The maximum absolute atomic E-state index is 12.3. The smallest absolute Gasteiger partial charge is 0.277 e. The van der Waals surface area contributed by atoms with Crippen molar-refractivity contribution in [2.45, 2.75) is 13.5 Å². The number of aromatic nitrogens is 4. The molecule has 2 amide bonds. The molecule has 0 spiro atoms. The first-order valence-electron chi connectivity index (χ1n) is 7.91. The molecule has 0 aliphatic heterocycles. The first-order chi connectivity index (χ1) is 12.5. The highest BCUT2D eigenvalue weighted by Gasteiger charge is 2.15. The molecular weight excluding hydrogens is 356 g/mol. The van der Waals surface area contributed by atoms with E-state index in [2.05, 4.69) is 20.8 Å². The summed E-state index contributed by atoms with van der Waals surface area (Å²) in [5.74, 6) is -0.702. The van der Waals surface area contributed by atoms with E-state index in [1.165, 1.54) is 0 Å². The molecule has 2 aromatic heterocycles. The van der Waals surface area contributed by atoms with Crippen LogP contribution < -0.4 is 10.6 Å². The largest absolute Gasteiger partial charge is 0.321 e. The van der Waals surface area contributed by atoms with Gasteiger partial charge in [-0.3, -0.25) is 19.0 Å². The van der Waals surface area contributed by atoms with Crippen LogP contribution in [0.2, 0.25) is 5.02 Å². The normalized spacial score (nSPS) is 10.6. The van der Waals surface area contributed by atoms with Crippen LogP contribution in [0.5, 0.6) is 0 Å². The van der Waals surface area contributed by atoms with Crippen LogP contribution in [0.4, 0.5) is 11.4 Å². The predicted octanol–water partition coefficient (Wildman–Crippen LogP) is 2.79. The zero-order valence-electron chi connectivity index (χ0n) is 14.2.